The van der Waals surface area contributed by atoms with E-state index in [-0.39, 0.29) is 18.5 Å². The van der Waals surface area contributed by atoms with E-state index >= 15 is 0 Å². The third kappa shape index (κ3) is 4.74. The maximum absolute atomic E-state index is 10.6. The van der Waals surface area contributed by atoms with Crippen molar-refractivity contribution in [2.45, 2.75) is 18.6 Å². The van der Waals surface area contributed by atoms with Gasteiger partial charge in [0.15, 0.2) is 0 Å². The molecule has 0 bridgehead atoms. The molecule has 0 amide bonds. The van der Waals surface area contributed by atoms with Crippen LogP contribution in [0.3, 0.4) is 0 Å². The summed E-state index contributed by atoms with van der Waals surface area (Å²) in [5.41, 5.74) is 4.79. The Balaban J connectivity index is 0.00000225. The standard InChI is InChI=1S/C24H25NO2.ClH/c26-22(17-25-16-15-19-9-7-8-14-23(19)25)18-27-24(20-10-3-1-4-11-20)21-12-5-2-6-13-21;/h1-14,22,24,26H,15-18H2;1H. The Labute approximate surface area is 173 Å². The maximum Gasteiger partial charge on any atom is 0.108 e. The number of anilines is 1. The molecule has 0 radical (unpaired) electrons. The molecule has 146 valence electrons. The fraction of sp³-hybridized carbons (Fsp3) is 0.250. The van der Waals surface area contributed by atoms with E-state index < -0.39 is 6.10 Å². The molecule has 1 aliphatic rings. The number of aliphatic hydroxyl groups excluding tert-OH is 1. The monoisotopic (exact) mass is 395 g/mol. The van der Waals surface area contributed by atoms with E-state index in [0.717, 1.165) is 24.1 Å². The Morgan fingerprint density at radius 3 is 2.04 bits per heavy atom. The number of hydrogen-bond donors (Lipinski definition) is 1. The first-order chi connectivity index (χ1) is 13.3. The Bertz CT molecular complexity index is 817. The van der Waals surface area contributed by atoms with Crippen LogP contribution in [0.5, 0.6) is 0 Å². The van der Waals surface area contributed by atoms with Crippen LogP contribution < -0.4 is 4.90 Å². The van der Waals surface area contributed by atoms with Crippen LogP contribution in [0.15, 0.2) is 84.9 Å². The van der Waals surface area contributed by atoms with Crippen molar-refractivity contribution in [3.8, 4) is 0 Å². The quantitative estimate of drug-likeness (QED) is 0.632. The van der Waals surface area contributed by atoms with Gasteiger partial charge in [0.2, 0.25) is 0 Å². The topological polar surface area (TPSA) is 32.7 Å². The summed E-state index contributed by atoms with van der Waals surface area (Å²) in [7, 11) is 0. The fourth-order valence-electron chi connectivity index (χ4n) is 3.75. The average Bonchev–Trinajstić information content (AvgIpc) is 3.13. The van der Waals surface area contributed by atoms with Gasteiger partial charge >= 0.3 is 0 Å². The first-order valence-electron chi connectivity index (χ1n) is 9.53. The van der Waals surface area contributed by atoms with E-state index in [9.17, 15) is 5.11 Å². The van der Waals surface area contributed by atoms with Gasteiger partial charge in [0.1, 0.15) is 6.10 Å². The van der Waals surface area contributed by atoms with Crippen molar-refractivity contribution in [3.63, 3.8) is 0 Å². The van der Waals surface area contributed by atoms with E-state index in [1.807, 2.05) is 36.4 Å². The minimum absolute atomic E-state index is 0. The third-order valence-corrected chi connectivity index (χ3v) is 5.07. The molecule has 1 atom stereocenters. The minimum Gasteiger partial charge on any atom is -0.389 e. The van der Waals surface area contributed by atoms with Gasteiger partial charge < -0.3 is 14.7 Å². The number of hydrogen-bond acceptors (Lipinski definition) is 3. The lowest BCUT2D eigenvalue weighted by Gasteiger charge is -2.25. The van der Waals surface area contributed by atoms with E-state index in [1.165, 1.54) is 11.3 Å². The van der Waals surface area contributed by atoms with Crippen molar-refractivity contribution in [1.29, 1.82) is 0 Å². The van der Waals surface area contributed by atoms with Crippen LogP contribution in [0.1, 0.15) is 22.8 Å². The van der Waals surface area contributed by atoms with Crippen LogP contribution in [-0.4, -0.2) is 30.9 Å². The van der Waals surface area contributed by atoms with Gasteiger partial charge in [-0.2, -0.15) is 0 Å². The number of fused-ring (bicyclic) bond motifs is 1. The Morgan fingerprint density at radius 1 is 0.821 bits per heavy atom. The summed E-state index contributed by atoms with van der Waals surface area (Å²) in [6.45, 7) is 1.84. The molecule has 1 heterocycles. The second-order valence-electron chi connectivity index (χ2n) is 7.01. The van der Waals surface area contributed by atoms with Crippen LogP contribution in [-0.2, 0) is 11.2 Å². The average molecular weight is 396 g/mol. The summed E-state index contributed by atoms with van der Waals surface area (Å²) in [4.78, 5) is 2.25. The number of para-hydroxylation sites is 1. The molecule has 3 aromatic carbocycles. The molecule has 0 aromatic heterocycles. The van der Waals surface area contributed by atoms with Crippen molar-refractivity contribution in [3.05, 3.63) is 102 Å². The molecule has 1 unspecified atom stereocenters. The van der Waals surface area contributed by atoms with Gasteiger partial charge in [0, 0.05) is 18.8 Å². The van der Waals surface area contributed by atoms with Gasteiger partial charge in [0.05, 0.1) is 12.7 Å². The van der Waals surface area contributed by atoms with Crippen LogP contribution >= 0.6 is 12.4 Å². The van der Waals surface area contributed by atoms with Crippen LogP contribution in [0.4, 0.5) is 5.69 Å². The molecule has 0 spiro atoms. The molecule has 4 rings (SSSR count). The van der Waals surface area contributed by atoms with Gasteiger partial charge in [-0.3, -0.25) is 0 Å². The van der Waals surface area contributed by atoms with Crippen molar-refractivity contribution in [2.24, 2.45) is 0 Å². The minimum atomic E-state index is -0.536. The highest BCUT2D eigenvalue weighted by Crippen LogP contribution is 2.28. The Morgan fingerprint density at radius 2 is 1.39 bits per heavy atom. The highest BCUT2D eigenvalue weighted by Gasteiger charge is 2.22. The number of rotatable bonds is 7. The van der Waals surface area contributed by atoms with Crippen molar-refractivity contribution >= 4 is 18.1 Å². The lowest BCUT2D eigenvalue weighted by Crippen LogP contribution is -2.34. The second-order valence-corrected chi connectivity index (χ2v) is 7.01. The van der Waals surface area contributed by atoms with Crippen molar-refractivity contribution in [1.82, 2.24) is 0 Å². The molecule has 0 fully saturated rings. The molecule has 4 heteroatoms. The molecular formula is C24H26ClNO2. The molecule has 3 nitrogen and oxygen atoms in total. The fourth-order valence-corrected chi connectivity index (χ4v) is 3.75. The Hall–Kier alpha value is -2.33. The first-order valence-corrected chi connectivity index (χ1v) is 9.53. The number of nitrogens with zero attached hydrogens (tertiary/aromatic N) is 1. The van der Waals surface area contributed by atoms with E-state index in [0.29, 0.717) is 13.2 Å². The van der Waals surface area contributed by atoms with E-state index in [1.54, 1.807) is 0 Å². The number of β-amino-alcohol motifs (C(OH)–C–C–N with tert-alkyl or cyclic N) is 1. The molecular weight excluding hydrogens is 370 g/mol. The zero-order valence-electron chi connectivity index (χ0n) is 15.8. The van der Waals surface area contributed by atoms with Gasteiger partial charge in [0.25, 0.3) is 0 Å². The number of ether oxygens (including phenoxy) is 1. The van der Waals surface area contributed by atoms with Gasteiger partial charge in [-0.25, -0.2) is 0 Å². The molecule has 0 saturated heterocycles. The van der Waals surface area contributed by atoms with Gasteiger partial charge in [-0.15, -0.1) is 12.4 Å². The number of halogens is 1. The summed E-state index contributed by atoms with van der Waals surface area (Å²) in [6, 6.07) is 28.8. The maximum atomic E-state index is 10.6. The van der Waals surface area contributed by atoms with E-state index in [2.05, 4.69) is 53.4 Å². The molecule has 1 aliphatic heterocycles. The number of benzene rings is 3. The summed E-state index contributed by atoms with van der Waals surface area (Å²) in [5, 5.41) is 10.6. The highest BCUT2D eigenvalue weighted by molar-refractivity contribution is 5.85. The largest absolute Gasteiger partial charge is 0.389 e. The predicted octanol–water partition coefficient (Wildman–Crippen LogP) is 4.64. The normalized spacial score (nSPS) is 13.9. The molecule has 0 saturated carbocycles. The van der Waals surface area contributed by atoms with E-state index in [4.69, 9.17) is 4.74 Å². The molecule has 1 N–H and O–H groups in total. The molecule has 3 aromatic rings. The summed E-state index contributed by atoms with van der Waals surface area (Å²) >= 11 is 0. The van der Waals surface area contributed by atoms with Gasteiger partial charge in [-0.1, -0.05) is 78.9 Å². The SMILES string of the molecule is Cl.OC(COC(c1ccccc1)c1ccccc1)CN1CCc2ccccc21. The van der Waals surface area contributed by atoms with Crippen LogP contribution in [0, 0.1) is 0 Å². The zero-order valence-corrected chi connectivity index (χ0v) is 16.6. The summed E-state index contributed by atoms with van der Waals surface area (Å²) in [6.07, 6.45) is 0.333. The lowest BCUT2D eigenvalue weighted by molar-refractivity contribution is 0.00926. The van der Waals surface area contributed by atoms with Crippen LogP contribution in [0.2, 0.25) is 0 Å². The Kier molecular flexibility index (Phi) is 7.10. The molecule has 28 heavy (non-hydrogen) atoms. The van der Waals surface area contributed by atoms with Gasteiger partial charge in [-0.05, 0) is 29.2 Å². The van der Waals surface area contributed by atoms with Crippen molar-refractivity contribution in [2.75, 3.05) is 24.6 Å². The second kappa shape index (κ2) is 9.74. The first kappa shape index (κ1) is 20.4. The number of aliphatic hydroxyl groups is 1. The smallest absolute Gasteiger partial charge is 0.108 e. The van der Waals surface area contributed by atoms with Crippen LogP contribution in [0.25, 0.3) is 0 Å². The molecule has 0 aliphatic carbocycles. The third-order valence-electron chi connectivity index (χ3n) is 5.07. The van der Waals surface area contributed by atoms with Crippen molar-refractivity contribution < 1.29 is 9.84 Å². The highest BCUT2D eigenvalue weighted by atomic mass is 35.5. The summed E-state index contributed by atoms with van der Waals surface area (Å²) in [5.74, 6) is 0. The predicted molar refractivity (Wildman–Crippen MR) is 116 cm³/mol. The zero-order chi connectivity index (χ0) is 18.5. The lowest BCUT2D eigenvalue weighted by atomic mass is 10.0. The summed E-state index contributed by atoms with van der Waals surface area (Å²) < 4.78 is 6.20.